The molecule has 1 atom stereocenters. The minimum atomic E-state index is 0.341. The Labute approximate surface area is 111 Å². The lowest BCUT2D eigenvalue weighted by Crippen LogP contribution is -2.37. The molecule has 1 N–H and O–H groups in total. The number of hydrogen-bond acceptors (Lipinski definition) is 3. The van der Waals surface area contributed by atoms with Gasteiger partial charge in [0.15, 0.2) is 0 Å². The number of anilines is 1. The number of aromatic nitrogens is 1. The molecule has 0 saturated heterocycles. The van der Waals surface area contributed by atoms with Crippen molar-refractivity contribution in [1.82, 2.24) is 10.3 Å². The van der Waals surface area contributed by atoms with E-state index in [9.17, 15) is 0 Å². The van der Waals surface area contributed by atoms with Crippen LogP contribution in [0, 0.1) is 0 Å². The number of nitrogens with zero attached hydrogens (tertiary/aromatic N) is 2. The van der Waals surface area contributed by atoms with Gasteiger partial charge in [-0.15, -0.1) is 0 Å². The number of hydrogen-bond donors (Lipinski definition) is 1. The Balaban J connectivity index is 1.95. The molecule has 2 rings (SSSR count). The molecule has 0 amide bonds. The number of pyridine rings is 1. The van der Waals surface area contributed by atoms with Crippen molar-refractivity contribution >= 4 is 5.69 Å². The van der Waals surface area contributed by atoms with Crippen LogP contribution < -0.4 is 10.2 Å². The average Bonchev–Trinajstić information content (AvgIpc) is 2.34. The van der Waals surface area contributed by atoms with E-state index in [0.717, 1.165) is 24.7 Å². The molecule has 18 heavy (non-hydrogen) atoms. The third kappa shape index (κ3) is 3.02. The van der Waals surface area contributed by atoms with Crippen molar-refractivity contribution in [1.29, 1.82) is 0 Å². The third-order valence-electron chi connectivity index (χ3n) is 3.94. The molecule has 3 nitrogen and oxygen atoms in total. The predicted molar refractivity (Wildman–Crippen MR) is 77.0 cm³/mol. The molecular weight excluding hydrogens is 222 g/mol. The van der Waals surface area contributed by atoms with Crippen LogP contribution >= 0.6 is 0 Å². The summed E-state index contributed by atoms with van der Waals surface area (Å²) < 4.78 is 0. The molecule has 0 bridgehead atoms. The molecule has 0 aromatic carbocycles. The largest absolute Gasteiger partial charge is 0.370 e. The normalized spacial score (nSPS) is 17.3. The molecule has 1 aromatic heterocycles. The Morgan fingerprint density at radius 1 is 1.44 bits per heavy atom. The minimum Gasteiger partial charge on any atom is -0.370 e. The highest BCUT2D eigenvalue weighted by atomic mass is 15.1. The summed E-state index contributed by atoms with van der Waals surface area (Å²) >= 11 is 0. The van der Waals surface area contributed by atoms with Crippen LogP contribution in [0.5, 0.6) is 0 Å². The van der Waals surface area contributed by atoms with Gasteiger partial charge in [0.1, 0.15) is 0 Å². The van der Waals surface area contributed by atoms with Gasteiger partial charge < -0.3 is 10.2 Å². The molecule has 1 aromatic rings. The Kier molecular flexibility index (Phi) is 4.59. The van der Waals surface area contributed by atoms with Crippen LogP contribution in [0.2, 0.25) is 0 Å². The first kappa shape index (κ1) is 13.3. The second-order valence-corrected chi connectivity index (χ2v) is 5.31. The summed E-state index contributed by atoms with van der Waals surface area (Å²) in [5.74, 6) is 0. The van der Waals surface area contributed by atoms with E-state index in [0.29, 0.717) is 6.04 Å². The second-order valence-electron chi connectivity index (χ2n) is 5.31. The summed E-state index contributed by atoms with van der Waals surface area (Å²) in [5.41, 5.74) is 2.38. The smallest absolute Gasteiger partial charge is 0.0572 e. The van der Waals surface area contributed by atoms with E-state index >= 15 is 0 Å². The first-order valence-electron chi connectivity index (χ1n) is 7.14. The van der Waals surface area contributed by atoms with Gasteiger partial charge >= 0.3 is 0 Å². The van der Waals surface area contributed by atoms with E-state index in [-0.39, 0.29) is 0 Å². The van der Waals surface area contributed by atoms with Gasteiger partial charge in [-0.3, -0.25) is 4.98 Å². The molecule has 1 aliphatic rings. The lowest BCUT2D eigenvalue weighted by Gasteiger charge is -2.36. The SMILES string of the molecule is CCCNC(C)c1ccc(N(C)C2CCC2)cn1. The van der Waals surface area contributed by atoms with Gasteiger partial charge in [0.05, 0.1) is 17.6 Å². The first-order chi connectivity index (χ1) is 8.72. The molecular formula is C15H25N3. The maximum Gasteiger partial charge on any atom is 0.0572 e. The fourth-order valence-corrected chi connectivity index (χ4v) is 2.31. The zero-order chi connectivity index (χ0) is 13.0. The fourth-order valence-electron chi connectivity index (χ4n) is 2.31. The molecule has 1 fully saturated rings. The van der Waals surface area contributed by atoms with Crippen molar-refractivity contribution in [3.05, 3.63) is 24.0 Å². The summed E-state index contributed by atoms with van der Waals surface area (Å²) in [5, 5.41) is 3.47. The van der Waals surface area contributed by atoms with E-state index in [4.69, 9.17) is 0 Å². The van der Waals surface area contributed by atoms with Crippen LogP contribution in [0.25, 0.3) is 0 Å². The van der Waals surface area contributed by atoms with E-state index < -0.39 is 0 Å². The van der Waals surface area contributed by atoms with Crippen LogP contribution in [0.15, 0.2) is 18.3 Å². The molecule has 100 valence electrons. The van der Waals surface area contributed by atoms with Gasteiger partial charge in [-0.2, -0.15) is 0 Å². The maximum absolute atomic E-state index is 4.59. The monoisotopic (exact) mass is 247 g/mol. The summed E-state index contributed by atoms with van der Waals surface area (Å²) in [4.78, 5) is 6.95. The molecule has 0 aliphatic heterocycles. The molecule has 3 heteroatoms. The molecule has 1 saturated carbocycles. The van der Waals surface area contributed by atoms with Crippen LogP contribution in [-0.4, -0.2) is 24.6 Å². The van der Waals surface area contributed by atoms with Crippen molar-refractivity contribution in [3.63, 3.8) is 0 Å². The van der Waals surface area contributed by atoms with Crippen LogP contribution in [0.3, 0.4) is 0 Å². The van der Waals surface area contributed by atoms with Crippen molar-refractivity contribution in [3.8, 4) is 0 Å². The zero-order valence-electron chi connectivity index (χ0n) is 11.8. The second kappa shape index (κ2) is 6.19. The highest BCUT2D eigenvalue weighted by molar-refractivity contribution is 5.45. The summed E-state index contributed by atoms with van der Waals surface area (Å²) in [6.45, 7) is 5.41. The third-order valence-corrected chi connectivity index (χ3v) is 3.94. The fraction of sp³-hybridized carbons (Fsp3) is 0.667. The highest BCUT2D eigenvalue weighted by Crippen LogP contribution is 2.28. The number of nitrogens with one attached hydrogen (secondary N) is 1. The van der Waals surface area contributed by atoms with Crippen LogP contribution in [-0.2, 0) is 0 Å². The lowest BCUT2D eigenvalue weighted by molar-refractivity contribution is 0.401. The standard InChI is InChI=1S/C15H25N3/c1-4-10-16-12(2)15-9-8-14(11-17-15)18(3)13-6-5-7-13/h8-9,11-13,16H,4-7,10H2,1-3H3. The molecule has 0 spiro atoms. The minimum absolute atomic E-state index is 0.341. The average molecular weight is 247 g/mol. The van der Waals surface area contributed by atoms with Gasteiger partial charge in [0.25, 0.3) is 0 Å². The summed E-state index contributed by atoms with van der Waals surface area (Å²) in [6, 6.07) is 5.42. The Bertz CT molecular complexity index is 357. The van der Waals surface area contributed by atoms with Crippen molar-refractivity contribution in [2.45, 2.75) is 51.6 Å². The van der Waals surface area contributed by atoms with E-state index in [1.807, 2.05) is 6.20 Å². The van der Waals surface area contributed by atoms with Crippen molar-refractivity contribution in [2.24, 2.45) is 0 Å². The van der Waals surface area contributed by atoms with E-state index in [2.05, 4.69) is 48.2 Å². The highest BCUT2D eigenvalue weighted by Gasteiger charge is 2.22. The molecule has 1 unspecified atom stereocenters. The molecule has 0 radical (unpaired) electrons. The topological polar surface area (TPSA) is 28.2 Å². The van der Waals surface area contributed by atoms with Crippen molar-refractivity contribution in [2.75, 3.05) is 18.5 Å². The zero-order valence-corrected chi connectivity index (χ0v) is 11.8. The van der Waals surface area contributed by atoms with Crippen LogP contribution in [0.1, 0.15) is 51.3 Å². The Morgan fingerprint density at radius 3 is 2.72 bits per heavy atom. The molecule has 1 heterocycles. The van der Waals surface area contributed by atoms with Gasteiger partial charge in [0.2, 0.25) is 0 Å². The van der Waals surface area contributed by atoms with Gasteiger partial charge in [-0.05, 0) is 51.3 Å². The number of rotatable bonds is 6. The van der Waals surface area contributed by atoms with Gasteiger partial charge in [-0.1, -0.05) is 6.92 Å². The predicted octanol–water partition coefficient (Wildman–Crippen LogP) is 3.13. The van der Waals surface area contributed by atoms with Crippen LogP contribution in [0.4, 0.5) is 5.69 Å². The van der Waals surface area contributed by atoms with Crippen molar-refractivity contribution < 1.29 is 0 Å². The molecule has 1 aliphatic carbocycles. The summed E-state index contributed by atoms with van der Waals surface area (Å²) in [7, 11) is 2.18. The maximum atomic E-state index is 4.59. The summed E-state index contributed by atoms with van der Waals surface area (Å²) in [6.07, 6.45) is 7.20. The lowest BCUT2D eigenvalue weighted by atomic mass is 9.91. The van der Waals surface area contributed by atoms with Gasteiger partial charge in [0, 0.05) is 19.1 Å². The van der Waals surface area contributed by atoms with E-state index in [1.165, 1.54) is 24.9 Å². The first-order valence-corrected chi connectivity index (χ1v) is 7.14. The van der Waals surface area contributed by atoms with Gasteiger partial charge in [-0.25, -0.2) is 0 Å². The Hall–Kier alpha value is -1.09. The van der Waals surface area contributed by atoms with E-state index in [1.54, 1.807) is 0 Å². The Morgan fingerprint density at radius 2 is 2.22 bits per heavy atom. The quantitative estimate of drug-likeness (QED) is 0.837.